The molecule has 0 unspecified atom stereocenters. The lowest BCUT2D eigenvalue weighted by Crippen LogP contribution is -2.27. The second-order valence-electron chi connectivity index (χ2n) is 5.77. The third-order valence-electron chi connectivity index (χ3n) is 4.11. The molecule has 1 fully saturated rings. The third kappa shape index (κ3) is 3.68. The lowest BCUT2D eigenvalue weighted by atomic mass is 9.95. The molecule has 24 heavy (non-hydrogen) atoms. The fourth-order valence-electron chi connectivity index (χ4n) is 2.56. The van der Waals surface area contributed by atoms with Crippen molar-refractivity contribution in [2.45, 2.75) is 18.3 Å². The van der Waals surface area contributed by atoms with E-state index in [4.69, 9.17) is 21.1 Å². The maximum absolute atomic E-state index is 12.7. The summed E-state index contributed by atoms with van der Waals surface area (Å²) in [6, 6.07) is 11.0. The van der Waals surface area contributed by atoms with Gasteiger partial charge in [-0.05, 0) is 36.6 Å². The first kappa shape index (κ1) is 16.7. The van der Waals surface area contributed by atoms with Gasteiger partial charge in [-0.25, -0.2) is 4.98 Å². The topological polar surface area (TPSA) is 60.5 Å². The zero-order valence-electron chi connectivity index (χ0n) is 13.4. The molecule has 0 aliphatic heterocycles. The van der Waals surface area contributed by atoms with Crippen molar-refractivity contribution in [2.24, 2.45) is 0 Å². The third-order valence-corrected chi connectivity index (χ3v) is 4.37. The summed E-state index contributed by atoms with van der Waals surface area (Å²) in [4.78, 5) is 16.8. The number of carbonyl (C=O) groups excluding carboxylic acids is 1. The average molecular weight is 347 g/mol. The summed E-state index contributed by atoms with van der Waals surface area (Å²) in [5, 5.41) is 3.61. The van der Waals surface area contributed by atoms with Gasteiger partial charge >= 0.3 is 0 Å². The molecule has 3 rings (SSSR count). The van der Waals surface area contributed by atoms with Crippen LogP contribution in [0.5, 0.6) is 5.88 Å². The zero-order chi connectivity index (χ0) is 17.0. The number of nitrogens with one attached hydrogen (secondary N) is 1. The van der Waals surface area contributed by atoms with E-state index in [1.807, 2.05) is 24.3 Å². The Balaban J connectivity index is 1.63. The number of aromatic nitrogens is 1. The van der Waals surface area contributed by atoms with E-state index in [0.29, 0.717) is 29.8 Å². The second-order valence-corrected chi connectivity index (χ2v) is 6.21. The van der Waals surface area contributed by atoms with Gasteiger partial charge in [-0.2, -0.15) is 0 Å². The molecule has 1 saturated carbocycles. The van der Waals surface area contributed by atoms with Crippen LogP contribution in [0.25, 0.3) is 0 Å². The van der Waals surface area contributed by atoms with Crippen LogP contribution >= 0.6 is 11.6 Å². The summed E-state index contributed by atoms with van der Waals surface area (Å²) in [7, 11) is 1.61. The number of rotatable bonds is 7. The molecular weight excluding hydrogens is 328 g/mol. The Hall–Kier alpha value is -2.11. The quantitative estimate of drug-likeness (QED) is 0.780. The molecule has 0 bridgehead atoms. The van der Waals surface area contributed by atoms with Crippen LogP contribution in [0, 0.1) is 0 Å². The molecule has 126 valence electrons. The number of hydrogen-bond acceptors (Lipinski definition) is 4. The highest BCUT2D eigenvalue weighted by atomic mass is 35.5. The minimum absolute atomic E-state index is 0.0142. The normalized spacial score (nSPS) is 14.9. The molecule has 0 spiro atoms. The first-order chi connectivity index (χ1) is 11.6. The molecule has 1 amide bonds. The first-order valence-corrected chi connectivity index (χ1v) is 8.17. The van der Waals surface area contributed by atoms with Crippen LogP contribution in [0.1, 0.15) is 18.4 Å². The summed E-state index contributed by atoms with van der Waals surface area (Å²) >= 11 is 5.92. The Bertz CT molecular complexity index is 697. The summed E-state index contributed by atoms with van der Waals surface area (Å²) in [5.41, 5.74) is 1.20. The number of ether oxygens (including phenoxy) is 2. The molecule has 5 nitrogen and oxygen atoms in total. The van der Waals surface area contributed by atoms with Crippen molar-refractivity contribution < 1.29 is 14.3 Å². The van der Waals surface area contributed by atoms with Crippen LogP contribution in [0.4, 0.5) is 5.69 Å². The predicted molar refractivity (Wildman–Crippen MR) is 92.6 cm³/mol. The van der Waals surface area contributed by atoms with Gasteiger partial charge < -0.3 is 14.8 Å². The van der Waals surface area contributed by atoms with Crippen molar-refractivity contribution in [3.63, 3.8) is 0 Å². The number of methoxy groups -OCH3 is 1. The van der Waals surface area contributed by atoms with Crippen LogP contribution in [0.2, 0.25) is 5.02 Å². The van der Waals surface area contributed by atoms with Crippen LogP contribution in [-0.2, 0) is 14.9 Å². The molecule has 0 saturated heterocycles. The Labute approximate surface area is 145 Å². The van der Waals surface area contributed by atoms with Gasteiger partial charge in [-0.3, -0.25) is 4.79 Å². The number of nitrogens with zero attached hydrogens (tertiary/aromatic N) is 1. The van der Waals surface area contributed by atoms with Crippen LogP contribution in [-0.4, -0.2) is 31.2 Å². The summed E-state index contributed by atoms with van der Waals surface area (Å²) in [5.74, 6) is 0.489. The standard InChI is InChI=1S/C18H19ClN2O3/c1-23-10-11-24-16-7-6-15(12-20-16)21-17(22)18(8-9-18)13-2-4-14(19)5-3-13/h2-7,12H,8-11H2,1H3,(H,21,22). The Kier molecular flexibility index (Phi) is 5.02. The Morgan fingerprint density at radius 3 is 2.54 bits per heavy atom. The van der Waals surface area contributed by atoms with E-state index >= 15 is 0 Å². The number of halogens is 1. The van der Waals surface area contributed by atoms with E-state index in [1.54, 1.807) is 25.4 Å². The number of amides is 1. The molecule has 1 heterocycles. The highest BCUT2D eigenvalue weighted by molar-refractivity contribution is 6.30. The molecule has 2 aromatic rings. The number of carbonyl (C=O) groups is 1. The van der Waals surface area contributed by atoms with Crippen LogP contribution in [0.3, 0.4) is 0 Å². The first-order valence-electron chi connectivity index (χ1n) is 7.79. The molecule has 0 radical (unpaired) electrons. The maximum Gasteiger partial charge on any atom is 0.235 e. The maximum atomic E-state index is 12.7. The summed E-state index contributed by atoms with van der Waals surface area (Å²) in [6.45, 7) is 0.943. The number of pyridine rings is 1. The summed E-state index contributed by atoms with van der Waals surface area (Å²) in [6.07, 6.45) is 3.27. The van der Waals surface area contributed by atoms with Crippen molar-refractivity contribution in [2.75, 3.05) is 25.6 Å². The van der Waals surface area contributed by atoms with E-state index in [2.05, 4.69) is 10.3 Å². The Morgan fingerprint density at radius 1 is 1.21 bits per heavy atom. The van der Waals surface area contributed by atoms with Gasteiger partial charge in [0.1, 0.15) is 6.61 Å². The zero-order valence-corrected chi connectivity index (χ0v) is 14.2. The Morgan fingerprint density at radius 2 is 1.96 bits per heavy atom. The minimum Gasteiger partial charge on any atom is -0.475 e. The van der Waals surface area contributed by atoms with Crippen molar-refractivity contribution in [3.8, 4) is 5.88 Å². The molecular formula is C18H19ClN2O3. The van der Waals surface area contributed by atoms with E-state index in [1.165, 1.54) is 0 Å². The van der Waals surface area contributed by atoms with Gasteiger partial charge in [0.2, 0.25) is 11.8 Å². The van der Waals surface area contributed by atoms with E-state index in [-0.39, 0.29) is 5.91 Å². The van der Waals surface area contributed by atoms with Gasteiger partial charge in [0.05, 0.1) is 23.9 Å². The lowest BCUT2D eigenvalue weighted by Gasteiger charge is -2.16. The molecule has 1 aliphatic carbocycles. The van der Waals surface area contributed by atoms with E-state index in [9.17, 15) is 4.79 Å². The monoisotopic (exact) mass is 346 g/mol. The fraction of sp³-hybridized carbons (Fsp3) is 0.333. The van der Waals surface area contributed by atoms with E-state index < -0.39 is 5.41 Å². The molecule has 1 N–H and O–H groups in total. The fourth-order valence-corrected chi connectivity index (χ4v) is 2.69. The molecule has 0 atom stereocenters. The van der Waals surface area contributed by atoms with Gasteiger partial charge in [-0.15, -0.1) is 0 Å². The van der Waals surface area contributed by atoms with Crippen molar-refractivity contribution >= 4 is 23.2 Å². The highest BCUT2D eigenvalue weighted by Crippen LogP contribution is 2.49. The van der Waals surface area contributed by atoms with Gasteiger partial charge in [0, 0.05) is 18.2 Å². The van der Waals surface area contributed by atoms with Crippen molar-refractivity contribution in [1.29, 1.82) is 0 Å². The highest BCUT2D eigenvalue weighted by Gasteiger charge is 2.51. The molecule has 1 aromatic heterocycles. The lowest BCUT2D eigenvalue weighted by molar-refractivity contribution is -0.118. The largest absolute Gasteiger partial charge is 0.475 e. The summed E-state index contributed by atoms with van der Waals surface area (Å²) < 4.78 is 10.3. The van der Waals surface area contributed by atoms with Crippen LogP contribution < -0.4 is 10.1 Å². The molecule has 1 aliphatic rings. The second kappa shape index (κ2) is 7.20. The number of hydrogen-bond donors (Lipinski definition) is 1. The van der Waals surface area contributed by atoms with Crippen LogP contribution in [0.15, 0.2) is 42.6 Å². The number of anilines is 1. The number of benzene rings is 1. The van der Waals surface area contributed by atoms with Gasteiger partial charge in [-0.1, -0.05) is 23.7 Å². The van der Waals surface area contributed by atoms with E-state index in [0.717, 1.165) is 18.4 Å². The molecule has 6 heteroatoms. The van der Waals surface area contributed by atoms with Gasteiger partial charge in [0.15, 0.2) is 0 Å². The minimum atomic E-state index is -0.446. The smallest absolute Gasteiger partial charge is 0.235 e. The predicted octanol–water partition coefficient (Wildman–Crippen LogP) is 3.43. The molecule has 1 aromatic carbocycles. The van der Waals surface area contributed by atoms with Gasteiger partial charge in [0.25, 0.3) is 0 Å². The van der Waals surface area contributed by atoms with Crippen molar-refractivity contribution in [1.82, 2.24) is 4.98 Å². The average Bonchev–Trinajstić information content (AvgIpc) is 3.39. The van der Waals surface area contributed by atoms with Crippen molar-refractivity contribution in [3.05, 3.63) is 53.2 Å². The SMILES string of the molecule is COCCOc1ccc(NC(=O)C2(c3ccc(Cl)cc3)CC2)cn1.